The van der Waals surface area contributed by atoms with Crippen LogP contribution in [0.2, 0.25) is 0 Å². The van der Waals surface area contributed by atoms with Crippen molar-refractivity contribution in [1.29, 1.82) is 0 Å². The van der Waals surface area contributed by atoms with Crippen molar-refractivity contribution < 1.29 is 4.74 Å². The van der Waals surface area contributed by atoms with Crippen molar-refractivity contribution >= 4 is 40.1 Å². The smallest absolute Gasteiger partial charge is 0.130 e. The number of anilines is 1. The number of nitrogens with zero attached hydrogens (tertiary/aromatic N) is 3. The molecular formula is C20H19IN4OS. The molecule has 2 aromatic carbocycles. The van der Waals surface area contributed by atoms with E-state index in [1.807, 2.05) is 40.1 Å². The van der Waals surface area contributed by atoms with E-state index >= 15 is 0 Å². The minimum absolute atomic E-state index is 0.0985. The van der Waals surface area contributed by atoms with Crippen LogP contribution in [0.15, 0.2) is 56.6 Å². The molecule has 4 rings (SSSR count). The van der Waals surface area contributed by atoms with Gasteiger partial charge in [-0.2, -0.15) is 0 Å². The average molecular weight is 490 g/mol. The summed E-state index contributed by atoms with van der Waals surface area (Å²) >= 11 is -0.140. The van der Waals surface area contributed by atoms with Crippen molar-refractivity contribution in [2.24, 2.45) is 3.15 Å². The third kappa shape index (κ3) is 4.14. The molecular weight excluding hydrogens is 471 g/mol. The Bertz CT molecular complexity index is 1020. The molecule has 1 atom stereocenters. The Morgan fingerprint density at radius 3 is 2.85 bits per heavy atom. The summed E-state index contributed by atoms with van der Waals surface area (Å²) in [6.45, 7) is 4.04. The van der Waals surface area contributed by atoms with Crippen LogP contribution < -0.4 is 10.1 Å². The predicted octanol–water partition coefficient (Wildman–Crippen LogP) is 6.44. The van der Waals surface area contributed by atoms with Gasteiger partial charge >= 0.3 is 0 Å². The number of aryl methyl sites for hydroxylation is 1. The van der Waals surface area contributed by atoms with E-state index in [4.69, 9.17) is 4.74 Å². The van der Waals surface area contributed by atoms with Crippen molar-refractivity contribution in [3.8, 4) is 17.0 Å². The quantitative estimate of drug-likeness (QED) is 0.417. The Labute approximate surface area is 171 Å². The number of halogens is 1. The molecule has 3 aromatic rings. The molecule has 27 heavy (non-hydrogen) atoms. The minimum Gasteiger partial charge on any atom is -0.497 e. The van der Waals surface area contributed by atoms with Gasteiger partial charge in [-0.3, -0.25) is 0 Å². The number of fused-ring (bicyclic) bond motifs is 1. The minimum atomic E-state index is -0.140. The molecule has 0 saturated heterocycles. The third-order valence-electron chi connectivity index (χ3n) is 4.29. The second-order valence-corrected chi connectivity index (χ2v) is 9.96. The Morgan fingerprint density at radius 2 is 2.00 bits per heavy atom. The number of methoxy groups -OCH3 is 1. The number of aromatic nitrogens is 2. The molecule has 1 N–H and O–H groups in total. The Kier molecular flexibility index (Phi) is 5.40. The lowest BCUT2D eigenvalue weighted by Crippen LogP contribution is -2.09. The van der Waals surface area contributed by atoms with E-state index in [2.05, 4.69) is 49.6 Å². The van der Waals surface area contributed by atoms with Crippen molar-refractivity contribution in [2.75, 3.05) is 12.4 Å². The molecule has 1 aliphatic heterocycles. The first-order chi connectivity index (χ1) is 13.1. The van der Waals surface area contributed by atoms with Gasteiger partial charge in [-0.25, -0.2) is 13.1 Å². The zero-order valence-electron chi connectivity index (χ0n) is 15.2. The highest BCUT2D eigenvalue weighted by Gasteiger charge is 2.13. The van der Waals surface area contributed by atoms with E-state index in [0.29, 0.717) is 0 Å². The number of hydrogen-bond acceptors (Lipinski definition) is 6. The van der Waals surface area contributed by atoms with Crippen LogP contribution in [0.3, 0.4) is 0 Å². The molecule has 0 fully saturated rings. The molecule has 138 valence electrons. The SMILES string of the molecule is COc1cccc([C@H](C)Nc2cc(-c3ccc4c(c3)SI=N4)nc(C)n2)c1. The van der Waals surface area contributed by atoms with E-state index < -0.39 is 0 Å². The van der Waals surface area contributed by atoms with E-state index in [9.17, 15) is 0 Å². The van der Waals surface area contributed by atoms with Gasteiger partial charge in [0.05, 0.1) is 44.2 Å². The molecule has 0 aliphatic carbocycles. The summed E-state index contributed by atoms with van der Waals surface area (Å²) < 4.78 is 9.90. The van der Waals surface area contributed by atoms with Crippen LogP contribution in [-0.4, -0.2) is 17.1 Å². The molecule has 2 heterocycles. The van der Waals surface area contributed by atoms with E-state index in [1.165, 1.54) is 4.90 Å². The largest absolute Gasteiger partial charge is 0.497 e. The zero-order chi connectivity index (χ0) is 18.8. The second kappa shape index (κ2) is 7.93. The summed E-state index contributed by atoms with van der Waals surface area (Å²) in [4.78, 5) is 10.5. The summed E-state index contributed by atoms with van der Waals surface area (Å²) in [5.74, 6) is 2.42. The van der Waals surface area contributed by atoms with Crippen LogP contribution >= 0.6 is 28.6 Å². The molecule has 1 aliphatic rings. The molecule has 1 aromatic heterocycles. The maximum absolute atomic E-state index is 5.33. The van der Waals surface area contributed by atoms with Crippen LogP contribution in [0.1, 0.15) is 24.4 Å². The first-order valence-electron chi connectivity index (χ1n) is 8.55. The van der Waals surface area contributed by atoms with Crippen molar-refractivity contribution in [1.82, 2.24) is 9.97 Å². The molecule has 0 saturated carbocycles. The number of ether oxygens (including phenoxy) is 1. The van der Waals surface area contributed by atoms with Gasteiger partial charge in [0.25, 0.3) is 0 Å². The van der Waals surface area contributed by atoms with E-state index in [0.717, 1.165) is 39.9 Å². The third-order valence-corrected chi connectivity index (χ3v) is 8.05. The lowest BCUT2D eigenvalue weighted by molar-refractivity contribution is 0.414. The standard InChI is InChI=1S/C20H19IN4OS/c1-12(14-5-4-6-16(9-14)26-3)22-20-11-18(23-13(2)24-20)15-7-8-17-19(10-15)27-21-25-17/h4-12H,1-3H3,(H,22,23,24)/t12-/m0/s1. The lowest BCUT2D eigenvalue weighted by Gasteiger charge is -2.17. The van der Waals surface area contributed by atoms with Crippen molar-refractivity contribution in [3.63, 3.8) is 0 Å². The molecule has 0 unspecified atom stereocenters. The fourth-order valence-electron chi connectivity index (χ4n) is 2.90. The zero-order valence-corrected chi connectivity index (χ0v) is 18.2. The fraction of sp³-hybridized carbons (Fsp3) is 0.200. The number of hydrogen-bond donors (Lipinski definition) is 1. The topological polar surface area (TPSA) is 59.4 Å². The van der Waals surface area contributed by atoms with Crippen molar-refractivity contribution in [3.05, 3.63) is 59.9 Å². The lowest BCUT2D eigenvalue weighted by atomic mass is 10.1. The molecule has 7 heteroatoms. The van der Waals surface area contributed by atoms with Gasteiger partial charge in [-0.15, -0.1) is 0 Å². The maximum atomic E-state index is 5.33. The summed E-state index contributed by atoms with van der Waals surface area (Å²) in [7, 11) is 3.55. The van der Waals surface area contributed by atoms with Gasteiger partial charge in [0.15, 0.2) is 0 Å². The second-order valence-electron chi connectivity index (χ2n) is 6.24. The first kappa shape index (κ1) is 18.4. The molecule has 0 amide bonds. The highest BCUT2D eigenvalue weighted by atomic mass is 127. The normalized spacial score (nSPS) is 13.6. The van der Waals surface area contributed by atoms with Crippen molar-refractivity contribution in [2.45, 2.75) is 24.8 Å². The number of benzene rings is 2. The Hall–Kier alpha value is -2.00. The first-order valence-corrected chi connectivity index (χ1v) is 12.9. The van der Waals surface area contributed by atoms with E-state index in [-0.39, 0.29) is 25.7 Å². The highest BCUT2D eigenvalue weighted by Crippen LogP contribution is 2.48. The number of nitrogens with one attached hydrogen (secondary N) is 1. The van der Waals surface area contributed by atoms with Gasteiger partial charge in [0, 0.05) is 16.5 Å². The molecule has 5 nitrogen and oxygen atoms in total. The van der Waals surface area contributed by atoms with Crippen LogP contribution in [0.4, 0.5) is 11.5 Å². The highest BCUT2D eigenvalue weighted by molar-refractivity contribution is 14.2. The molecule has 0 spiro atoms. The molecule has 0 radical (unpaired) electrons. The van der Waals surface area contributed by atoms with Crippen LogP contribution in [-0.2, 0) is 0 Å². The average Bonchev–Trinajstić information content (AvgIpc) is 3.15. The number of rotatable bonds is 5. The van der Waals surface area contributed by atoms with Crippen LogP contribution in [0, 0.1) is 6.92 Å². The fourth-order valence-corrected chi connectivity index (χ4v) is 6.66. The Balaban J connectivity index is 1.60. The Morgan fingerprint density at radius 1 is 1.11 bits per heavy atom. The van der Waals surface area contributed by atoms with Crippen LogP contribution in [0.5, 0.6) is 5.75 Å². The molecule has 0 bridgehead atoms. The summed E-state index contributed by atoms with van der Waals surface area (Å²) in [5, 5.41) is 3.49. The summed E-state index contributed by atoms with van der Waals surface area (Å²) in [6, 6.07) is 16.5. The van der Waals surface area contributed by atoms with Gasteiger partial charge in [-0.1, -0.05) is 18.2 Å². The van der Waals surface area contributed by atoms with Gasteiger partial charge in [0.1, 0.15) is 17.4 Å². The van der Waals surface area contributed by atoms with E-state index in [1.54, 1.807) is 7.11 Å². The summed E-state index contributed by atoms with van der Waals surface area (Å²) in [6.07, 6.45) is 0. The van der Waals surface area contributed by atoms with Crippen LogP contribution in [0.25, 0.3) is 11.3 Å². The van der Waals surface area contributed by atoms with Gasteiger partial charge in [-0.05, 0) is 52.6 Å². The van der Waals surface area contributed by atoms with Gasteiger partial charge in [0.2, 0.25) is 0 Å². The van der Waals surface area contributed by atoms with Gasteiger partial charge < -0.3 is 10.1 Å². The summed E-state index contributed by atoms with van der Waals surface area (Å²) in [5.41, 5.74) is 4.29. The monoisotopic (exact) mass is 490 g/mol. The predicted molar refractivity (Wildman–Crippen MR) is 119 cm³/mol. The maximum Gasteiger partial charge on any atom is 0.130 e.